The summed E-state index contributed by atoms with van der Waals surface area (Å²) in [6, 6.07) is 10.4. The van der Waals surface area contributed by atoms with Crippen molar-refractivity contribution < 1.29 is 4.79 Å². The molecular weight excluding hydrogens is 272 g/mol. The molecule has 1 aromatic rings. The molecule has 4 heteroatoms. The van der Waals surface area contributed by atoms with Gasteiger partial charge in [0.15, 0.2) is 5.78 Å². The molecule has 1 atom stereocenters. The van der Waals surface area contributed by atoms with Gasteiger partial charge in [-0.05, 0) is 25.1 Å². The Morgan fingerprint density at radius 1 is 1.40 bits per heavy atom. The Hall–Kier alpha value is -1.16. The molecule has 0 aliphatic carbocycles. The number of likely N-dealkylation sites (N-methyl/N-ethyl adjacent to an activating group) is 1. The number of piperazine rings is 1. The second kappa shape index (κ2) is 8.90. The fourth-order valence-corrected chi connectivity index (χ4v) is 2.33. The molecule has 20 heavy (non-hydrogen) atoms. The Labute approximate surface area is 127 Å². The van der Waals surface area contributed by atoms with Gasteiger partial charge in [-0.3, -0.25) is 4.79 Å². The SMILES string of the molecule is CN1CCNCC1CCC(=O)C=Cc1ccccc1.Cl. The molecule has 0 radical (unpaired) electrons. The number of hydrogen-bond donors (Lipinski definition) is 1. The van der Waals surface area contributed by atoms with Crippen molar-refractivity contribution in [3.8, 4) is 0 Å². The minimum atomic E-state index is 0. The molecule has 0 amide bonds. The van der Waals surface area contributed by atoms with Gasteiger partial charge in [0.2, 0.25) is 0 Å². The number of nitrogens with one attached hydrogen (secondary N) is 1. The summed E-state index contributed by atoms with van der Waals surface area (Å²) >= 11 is 0. The van der Waals surface area contributed by atoms with Gasteiger partial charge in [0.05, 0.1) is 0 Å². The van der Waals surface area contributed by atoms with Crippen LogP contribution in [0.3, 0.4) is 0 Å². The van der Waals surface area contributed by atoms with Gasteiger partial charge in [0.25, 0.3) is 0 Å². The second-order valence-corrected chi connectivity index (χ2v) is 5.09. The summed E-state index contributed by atoms with van der Waals surface area (Å²) in [5.74, 6) is 0.211. The van der Waals surface area contributed by atoms with Crippen molar-refractivity contribution in [1.82, 2.24) is 10.2 Å². The molecule has 1 saturated heterocycles. The van der Waals surface area contributed by atoms with Crippen molar-refractivity contribution in [3.05, 3.63) is 42.0 Å². The molecule has 0 aromatic heterocycles. The predicted molar refractivity (Wildman–Crippen MR) is 86.3 cm³/mol. The van der Waals surface area contributed by atoms with Gasteiger partial charge >= 0.3 is 0 Å². The van der Waals surface area contributed by atoms with E-state index in [-0.39, 0.29) is 18.2 Å². The summed E-state index contributed by atoms with van der Waals surface area (Å²) in [6.45, 7) is 3.11. The average molecular weight is 295 g/mol. The maximum atomic E-state index is 11.8. The van der Waals surface area contributed by atoms with E-state index in [1.807, 2.05) is 36.4 Å². The topological polar surface area (TPSA) is 32.3 Å². The number of hydrogen-bond acceptors (Lipinski definition) is 3. The van der Waals surface area contributed by atoms with Crippen molar-refractivity contribution in [2.75, 3.05) is 26.7 Å². The maximum absolute atomic E-state index is 11.8. The molecule has 1 N–H and O–H groups in total. The first-order valence-corrected chi connectivity index (χ1v) is 6.92. The number of benzene rings is 1. The van der Waals surface area contributed by atoms with E-state index in [1.165, 1.54) is 0 Å². The molecule has 1 aliphatic rings. The fourth-order valence-electron chi connectivity index (χ4n) is 2.33. The molecule has 1 aliphatic heterocycles. The van der Waals surface area contributed by atoms with Gasteiger partial charge in [0, 0.05) is 32.1 Å². The largest absolute Gasteiger partial charge is 0.314 e. The Balaban J connectivity index is 0.00000200. The van der Waals surface area contributed by atoms with Crippen LogP contribution < -0.4 is 5.32 Å². The zero-order valence-corrected chi connectivity index (χ0v) is 12.7. The molecular formula is C16H23ClN2O. The van der Waals surface area contributed by atoms with Crippen LogP contribution in [0.25, 0.3) is 6.08 Å². The van der Waals surface area contributed by atoms with Crippen LogP contribution in [0.2, 0.25) is 0 Å². The molecule has 3 nitrogen and oxygen atoms in total. The minimum Gasteiger partial charge on any atom is -0.314 e. The number of nitrogens with zero attached hydrogens (tertiary/aromatic N) is 1. The number of rotatable bonds is 5. The van der Waals surface area contributed by atoms with E-state index >= 15 is 0 Å². The lowest BCUT2D eigenvalue weighted by Crippen LogP contribution is -2.49. The van der Waals surface area contributed by atoms with Crippen molar-refractivity contribution >= 4 is 24.3 Å². The second-order valence-electron chi connectivity index (χ2n) is 5.09. The van der Waals surface area contributed by atoms with Gasteiger partial charge in [-0.1, -0.05) is 36.4 Å². The van der Waals surface area contributed by atoms with Crippen LogP contribution in [0.1, 0.15) is 18.4 Å². The Bertz CT molecular complexity index is 433. The first-order valence-electron chi connectivity index (χ1n) is 6.92. The molecule has 2 rings (SSSR count). The van der Waals surface area contributed by atoms with E-state index in [1.54, 1.807) is 6.08 Å². The highest BCUT2D eigenvalue weighted by molar-refractivity contribution is 5.93. The Morgan fingerprint density at radius 3 is 2.85 bits per heavy atom. The third kappa shape index (κ3) is 5.45. The van der Waals surface area contributed by atoms with Crippen LogP contribution in [0.15, 0.2) is 36.4 Å². The maximum Gasteiger partial charge on any atom is 0.155 e. The van der Waals surface area contributed by atoms with Crippen LogP contribution >= 0.6 is 12.4 Å². The monoisotopic (exact) mass is 294 g/mol. The highest BCUT2D eigenvalue weighted by atomic mass is 35.5. The van der Waals surface area contributed by atoms with Crippen molar-refractivity contribution in [2.24, 2.45) is 0 Å². The van der Waals surface area contributed by atoms with E-state index in [0.29, 0.717) is 12.5 Å². The van der Waals surface area contributed by atoms with E-state index < -0.39 is 0 Å². The quantitative estimate of drug-likeness (QED) is 0.846. The van der Waals surface area contributed by atoms with Crippen molar-refractivity contribution in [3.63, 3.8) is 0 Å². The van der Waals surface area contributed by atoms with Crippen LogP contribution in [-0.2, 0) is 4.79 Å². The number of carbonyl (C=O) groups excluding carboxylic acids is 1. The van der Waals surface area contributed by atoms with Gasteiger partial charge in [-0.25, -0.2) is 0 Å². The van der Waals surface area contributed by atoms with Gasteiger partial charge in [-0.15, -0.1) is 12.4 Å². The third-order valence-electron chi connectivity index (χ3n) is 3.63. The van der Waals surface area contributed by atoms with Crippen LogP contribution in [0.5, 0.6) is 0 Å². The van der Waals surface area contributed by atoms with Gasteiger partial charge < -0.3 is 10.2 Å². The zero-order valence-electron chi connectivity index (χ0n) is 11.9. The third-order valence-corrected chi connectivity index (χ3v) is 3.63. The van der Waals surface area contributed by atoms with E-state index in [4.69, 9.17) is 0 Å². The summed E-state index contributed by atoms with van der Waals surface area (Å²) < 4.78 is 0. The molecule has 1 fully saturated rings. The van der Waals surface area contributed by atoms with Crippen LogP contribution in [-0.4, -0.2) is 43.4 Å². The summed E-state index contributed by atoms with van der Waals surface area (Å²) in [4.78, 5) is 14.2. The number of halogens is 1. The van der Waals surface area contributed by atoms with E-state index in [0.717, 1.165) is 31.6 Å². The highest BCUT2D eigenvalue weighted by Gasteiger charge is 2.18. The van der Waals surface area contributed by atoms with E-state index in [2.05, 4.69) is 17.3 Å². The fraction of sp³-hybridized carbons (Fsp3) is 0.438. The Morgan fingerprint density at radius 2 is 2.15 bits per heavy atom. The lowest BCUT2D eigenvalue weighted by Gasteiger charge is -2.32. The smallest absolute Gasteiger partial charge is 0.155 e. The minimum absolute atomic E-state index is 0. The van der Waals surface area contributed by atoms with Crippen molar-refractivity contribution in [2.45, 2.75) is 18.9 Å². The van der Waals surface area contributed by atoms with Gasteiger partial charge in [0.1, 0.15) is 0 Å². The number of ketones is 1. The van der Waals surface area contributed by atoms with Crippen LogP contribution in [0, 0.1) is 0 Å². The zero-order chi connectivity index (χ0) is 13.5. The normalized spacial score (nSPS) is 19.8. The Kier molecular flexibility index (Phi) is 7.52. The predicted octanol–water partition coefficient (Wildman–Crippen LogP) is 2.37. The molecule has 0 spiro atoms. The standard InChI is InChI=1S/C16H22N2O.ClH/c1-18-12-11-17-13-15(18)8-10-16(19)9-7-14-5-3-2-4-6-14;/h2-7,9,15,17H,8,10-13H2,1H3;1H. The molecule has 0 bridgehead atoms. The highest BCUT2D eigenvalue weighted by Crippen LogP contribution is 2.09. The van der Waals surface area contributed by atoms with Crippen LogP contribution in [0.4, 0.5) is 0 Å². The summed E-state index contributed by atoms with van der Waals surface area (Å²) in [7, 11) is 2.13. The summed E-state index contributed by atoms with van der Waals surface area (Å²) in [6.07, 6.45) is 5.15. The first kappa shape index (κ1) is 16.9. The molecule has 110 valence electrons. The van der Waals surface area contributed by atoms with Gasteiger partial charge in [-0.2, -0.15) is 0 Å². The van der Waals surface area contributed by atoms with Crippen molar-refractivity contribution in [1.29, 1.82) is 0 Å². The lowest BCUT2D eigenvalue weighted by molar-refractivity contribution is -0.114. The molecule has 0 saturated carbocycles. The molecule has 1 unspecified atom stereocenters. The number of carbonyl (C=O) groups is 1. The number of allylic oxidation sites excluding steroid dienone is 1. The lowest BCUT2D eigenvalue weighted by atomic mass is 10.1. The molecule has 1 aromatic carbocycles. The molecule has 1 heterocycles. The summed E-state index contributed by atoms with van der Waals surface area (Å²) in [5, 5.41) is 3.38. The average Bonchev–Trinajstić information content (AvgIpc) is 2.45. The first-order chi connectivity index (χ1) is 9.25. The van der Waals surface area contributed by atoms with E-state index in [9.17, 15) is 4.79 Å². The summed E-state index contributed by atoms with van der Waals surface area (Å²) in [5.41, 5.74) is 1.08.